The number of carbonyl (C=O) groups is 2. The number of nitrogens with zero attached hydrogens (tertiary/aromatic N) is 1. The van der Waals surface area contributed by atoms with E-state index in [1.54, 1.807) is 24.3 Å². The molecule has 3 rings (SSSR count). The van der Waals surface area contributed by atoms with Crippen LogP contribution in [0.5, 0.6) is 0 Å². The molecule has 6 heteroatoms. The Morgan fingerprint density at radius 3 is 2.57 bits per heavy atom. The van der Waals surface area contributed by atoms with E-state index in [-0.39, 0.29) is 18.1 Å². The minimum Gasteiger partial charge on any atom is -0.457 e. The highest BCUT2D eigenvalue weighted by atomic mass is 32.2. The summed E-state index contributed by atoms with van der Waals surface area (Å²) in [4.78, 5) is 27.8. The first-order valence-electron chi connectivity index (χ1n) is 6.94. The van der Waals surface area contributed by atoms with Crippen LogP contribution in [0.25, 0.3) is 11.1 Å². The number of esters is 1. The lowest BCUT2D eigenvalue weighted by Crippen LogP contribution is -2.15. The van der Waals surface area contributed by atoms with E-state index in [4.69, 9.17) is 9.15 Å². The first-order valence-corrected chi connectivity index (χ1v) is 7.93. The van der Waals surface area contributed by atoms with Gasteiger partial charge in [-0.3, -0.25) is 9.59 Å². The predicted octanol–water partition coefficient (Wildman–Crippen LogP) is 3.35. The fourth-order valence-electron chi connectivity index (χ4n) is 1.93. The van der Waals surface area contributed by atoms with Gasteiger partial charge in [0.2, 0.25) is 0 Å². The monoisotopic (exact) mass is 327 g/mol. The zero-order valence-corrected chi connectivity index (χ0v) is 12.9. The van der Waals surface area contributed by atoms with E-state index in [9.17, 15) is 9.59 Å². The summed E-state index contributed by atoms with van der Waals surface area (Å²) >= 11 is 1.14. The SMILES string of the molecule is O=C(CSc1nc2ccccc2o1)OCC(=O)c1ccccc1. The van der Waals surface area contributed by atoms with Crippen LogP contribution in [0.15, 0.2) is 64.2 Å². The Labute approximate surface area is 136 Å². The van der Waals surface area contributed by atoms with Crippen LogP contribution in [0, 0.1) is 0 Å². The van der Waals surface area contributed by atoms with Crippen molar-refractivity contribution in [1.82, 2.24) is 4.98 Å². The molecule has 116 valence electrons. The zero-order valence-electron chi connectivity index (χ0n) is 12.1. The molecule has 0 fully saturated rings. The number of oxazole rings is 1. The van der Waals surface area contributed by atoms with Crippen LogP contribution in [-0.2, 0) is 9.53 Å². The summed E-state index contributed by atoms with van der Waals surface area (Å²) in [5, 5.41) is 0.400. The normalized spacial score (nSPS) is 10.6. The molecule has 3 aromatic rings. The molecule has 5 nitrogen and oxygen atoms in total. The molecule has 0 radical (unpaired) electrons. The fraction of sp³-hybridized carbons (Fsp3) is 0.118. The Kier molecular flexibility index (Phi) is 4.73. The van der Waals surface area contributed by atoms with Gasteiger partial charge in [0, 0.05) is 5.56 Å². The maximum absolute atomic E-state index is 11.8. The fourth-order valence-corrected chi connectivity index (χ4v) is 2.56. The smallest absolute Gasteiger partial charge is 0.316 e. The second-order valence-electron chi connectivity index (χ2n) is 4.69. The molecule has 0 aliphatic heterocycles. The Hall–Kier alpha value is -2.60. The van der Waals surface area contributed by atoms with Crippen molar-refractivity contribution in [3.8, 4) is 0 Å². The molecule has 0 aliphatic carbocycles. The number of para-hydroxylation sites is 2. The summed E-state index contributed by atoms with van der Waals surface area (Å²) < 4.78 is 10.5. The second kappa shape index (κ2) is 7.11. The van der Waals surface area contributed by atoms with Crippen LogP contribution in [0.3, 0.4) is 0 Å². The molecular formula is C17H13NO4S. The molecule has 0 spiro atoms. The van der Waals surface area contributed by atoms with Crippen molar-refractivity contribution in [2.45, 2.75) is 5.22 Å². The van der Waals surface area contributed by atoms with Gasteiger partial charge in [0.05, 0.1) is 0 Å². The first-order chi connectivity index (χ1) is 11.2. The standard InChI is InChI=1S/C17H13NO4S/c19-14(12-6-2-1-3-7-12)10-21-16(20)11-23-17-18-13-8-4-5-9-15(13)22-17/h1-9H,10-11H2. The lowest BCUT2D eigenvalue weighted by atomic mass is 10.1. The molecule has 1 heterocycles. The van der Waals surface area contributed by atoms with E-state index in [1.807, 2.05) is 30.3 Å². The highest BCUT2D eigenvalue weighted by molar-refractivity contribution is 7.99. The van der Waals surface area contributed by atoms with Gasteiger partial charge in [-0.1, -0.05) is 54.2 Å². The molecule has 1 aromatic heterocycles. The average molecular weight is 327 g/mol. The van der Waals surface area contributed by atoms with E-state index >= 15 is 0 Å². The Bertz CT molecular complexity index is 796. The summed E-state index contributed by atoms with van der Waals surface area (Å²) in [5.41, 5.74) is 1.93. The van der Waals surface area contributed by atoms with E-state index in [2.05, 4.69) is 4.98 Å². The molecule has 0 saturated carbocycles. The van der Waals surface area contributed by atoms with E-state index < -0.39 is 5.97 Å². The maximum atomic E-state index is 11.8. The minimum atomic E-state index is -0.485. The summed E-state index contributed by atoms with van der Waals surface area (Å²) in [5.74, 6) is -0.679. The van der Waals surface area contributed by atoms with Crippen LogP contribution in [-0.4, -0.2) is 29.1 Å². The van der Waals surface area contributed by atoms with Gasteiger partial charge in [-0.25, -0.2) is 4.98 Å². The number of hydrogen-bond donors (Lipinski definition) is 0. The van der Waals surface area contributed by atoms with Crippen molar-refractivity contribution in [2.75, 3.05) is 12.4 Å². The van der Waals surface area contributed by atoms with Gasteiger partial charge in [0.1, 0.15) is 11.3 Å². The number of benzene rings is 2. The van der Waals surface area contributed by atoms with Crippen LogP contribution in [0.2, 0.25) is 0 Å². The van der Waals surface area contributed by atoms with Crippen molar-refractivity contribution in [1.29, 1.82) is 0 Å². The number of Topliss-reactive ketones (excluding diaryl/α,β-unsaturated/α-hetero) is 1. The van der Waals surface area contributed by atoms with Crippen molar-refractivity contribution >= 4 is 34.6 Å². The number of thioether (sulfide) groups is 1. The van der Waals surface area contributed by atoms with Crippen LogP contribution in [0.1, 0.15) is 10.4 Å². The zero-order chi connectivity index (χ0) is 16.1. The van der Waals surface area contributed by atoms with Crippen LogP contribution >= 0.6 is 11.8 Å². The van der Waals surface area contributed by atoms with Gasteiger partial charge in [0.15, 0.2) is 18.0 Å². The number of aromatic nitrogens is 1. The molecule has 0 saturated heterocycles. The molecule has 0 amide bonds. The molecule has 2 aromatic carbocycles. The largest absolute Gasteiger partial charge is 0.457 e. The molecular weight excluding hydrogens is 314 g/mol. The third-order valence-electron chi connectivity index (χ3n) is 3.05. The topological polar surface area (TPSA) is 69.4 Å². The number of carbonyl (C=O) groups excluding carboxylic acids is 2. The third-order valence-corrected chi connectivity index (χ3v) is 3.85. The average Bonchev–Trinajstić information content (AvgIpc) is 3.01. The minimum absolute atomic E-state index is 0.0366. The number of ketones is 1. The highest BCUT2D eigenvalue weighted by Gasteiger charge is 2.12. The van der Waals surface area contributed by atoms with E-state index in [0.29, 0.717) is 16.4 Å². The molecule has 0 bridgehead atoms. The maximum Gasteiger partial charge on any atom is 0.316 e. The van der Waals surface area contributed by atoms with Crippen LogP contribution < -0.4 is 0 Å². The summed E-state index contributed by atoms with van der Waals surface area (Å²) in [6.07, 6.45) is 0. The van der Waals surface area contributed by atoms with Gasteiger partial charge in [-0.15, -0.1) is 0 Å². The van der Waals surface area contributed by atoms with Crippen molar-refractivity contribution in [3.63, 3.8) is 0 Å². The number of ether oxygens (including phenoxy) is 1. The molecule has 23 heavy (non-hydrogen) atoms. The lowest BCUT2D eigenvalue weighted by Gasteiger charge is -2.03. The lowest BCUT2D eigenvalue weighted by molar-refractivity contribution is -0.139. The predicted molar refractivity (Wildman–Crippen MR) is 86.5 cm³/mol. The van der Waals surface area contributed by atoms with Gasteiger partial charge < -0.3 is 9.15 Å². The Balaban J connectivity index is 1.49. The summed E-state index contributed by atoms with van der Waals surface area (Å²) in [7, 11) is 0. The summed E-state index contributed by atoms with van der Waals surface area (Å²) in [6, 6.07) is 16.1. The molecule has 0 aliphatic rings. The molecule has 0 atom stereocenters. The highest BCUT2D eigenvalue weighted by Crippen LogP contribution is 2.23. The molecule has 0 unspecified atom stereocenters. The van der Waals surface area contributed by atoms with E-state index in [1.165, 1.54) is 0 Å². The van der Waals surface area contributed by atoms with Crippen molar-refractivity contribution in [2.24, 2.45) is 0 Å². The van der Waals surface area contributed by atoms with Gasteiger partial charge in [-0.2, -0.15) is 0 Å². The van der Waals surface area contributed by atoms with Crippen molar-refractivity contribution in [3.05, 3.63) is 60.2 Å². The van der Waals surface area contributed by atoms with E-state index in [0.717, 1.165) is 17.3 Å². The molecule has 0 N–H and O–H groups in total. The number of rotatable bonds is 6. The third kappa shape index (κ3) is 3.98. The quantitative estimate of drug-likeness (QED) is 0.393. The van der Waals surface area contributed by atoms with Gasteiger partial charge >= 0.3 is 5.97 Å². The number of fused-ring (bicyclic) bond motifs is 1. The van der Waals surface area contributed by atoms with Crippen molar-refractivity contribution < 1.29 is 18.7 Å². The van der Waals surface area contributed by atoms with Gasteiger partial charge in [0.25, 0.3) is 5.22 Å². The first kappa shape index (κ1) is 15.3. The Morgan fingerprint density at radius 1 is 1.04 bits per heavy atom. The van der Waals surface area contributed by atoms with Crippen LogP contribution in [0.4, 0.5) is 0 Å². The van der Waals surface area contributed by atoms with Gasteiger partial charge in [-0.05, 0) is 12.1 Å². The summed E-state index contributed by atoms with van der Waals surface area (Å²) in [6.45, 7) is -0.267. The Morgan fingerprint density at radius 2 is 1.78 bits per heavy atom. The number of hydrogen-bond acceptors (Lipinski definition) is 6. The second-order valence-corrected chi connectivity index (χ2v) is 5.61.